The molecule has 2 aliphatic rings. The van der Waals surface area contributed by atoms with Crippen LogP contribution in [0.2, 0.25) is 0 Å². The zero-order valence-corrected chi connectivity index (χ0v) is 16.4. The molecule has 0 aliphatic carbocycles. The van der Waals surface area contributed by atoms with E-state index in [-0.39, 0.29) is 24.4 Å². The number of nitrogens with zero attached hydrogens (tertiary/aromatic N) is 3. The number of nitrogens with one attached hydrogen (secondary N) is 1. The van der Waals surface area contributed by atoms with E-state index in [0.717, 1.165) is 23.6 Å². The van der Waals surface area contributed by atoms with E-state index in [9.17, 15) is 9.59 Å². The number of ether oxygens (including phenoxy) is 1. The quantitative estimate of drug-likeness (QED) is 0.883. The van der Waals surface area contributed by atoms with Crippen molar-refractivity contribution < 1.29 is 14.3 Å². The normalized spacial score (nSPS) is 24.4. The molecule has 1 aromatic carbocycles. The molecule has 0 radical (unpaired) electrons. The van der Waals surface area contributed by atoms with Crippen LogP contribution in [0, 0.1) is 6.92 Å². The topological polar surface area (TPSA) is 76.5 Å². The maximum Gasteiger partial charge on any atom is 0.240 e. The van der Waals surface area contributed by atoms with E-state index in [0.29, 0.717) is 25.8 Å². The Morgan fingerprint density at radius 3 is 2.96 bits per heavy atom. The van der Waals surface area contributed by atoms with E-state index in [4.69, 9.17) is 4.74 Å². The van der Waals surface area contributed by atoms with Crippen LogP contribution >= 0.6 is 0 Å². The second-order valence-electron chi connectivity index (χ2n) is 7.81. The molecule has 4 rings (SSSR count). The summed E-state index contributed by atoms with van der Waals surface area (Å²) in [6.45, 7) is 2.78. The van der Waals surface area contributed by atoms with Crippen molar-refractivity contribution in [1.82, 2.24) is 19.8 Å². The predicted molar refractivity (Wildman–Crippen MR) is 104 cm³/mol. The minimum atomic E-state index is -0.433. The number of rotatable bonds is 3. The van der Waals surface area contributed by atoms with Crippen LogP contribution in [-0.2, 0) is 16.1 Å². The molecular formula is C21H26N4O3. The summed E-state index contributed by atoms with van der Waals surface area (Å²) in [5.74, 6) is 1.70. The number of hydrogen-bond acceptors (Lipinski definition) is 4. The SMILES string of the molecule is Cc1nccn1CC(=O)N[C@@H]1C[C@]2(CCC(=O)N(C)CC2)Oc2ccccc21. The van der Waals surface area contributed by atoms with Crippen LogP contribution < -0.4 is 10.1 Å². The van der Waals surface area contributed by atoms with E-state index in [1.54, 1.807) is 17.3 Å². The Balaban J connectivity index is 1.56. The monoisotopic (exact) mass is 382 g/mol. The van der Waals surface area contributed by atoms with E-state index in [2.05, 4.69) is 10.3 Å². The molecule has 1 N–H and O–H groups in total. The molecule has 1 spiro atoms. The number of hydrogen-bond donors (Lipinski definition) is 1. The Morgan fingerprint density at radius 1 is 1.36 bits per heavy atom. The lowest BCUT2D eigenvalue weighted by atomic mass is 9.82. The minimum absolute atomic E-state index is 0.0558. The number of fused-ring (bicyclic) bond motifs is 1. The highest BCUT2D eigenvalue weighted by molar-refractivity contribution is 5.77. The Labute approximate surface area is 164 Å². The Kier molecular flexibility index (Phi) is 4.83. The van der Waals surface area contributed by atoms with Gasteiger partial charge in [-0.15, -0.1) is 0 Å². The fourth-order valence-corrected chi connectivity index (χ4v) is 4.17. The lowest BCUT2D eigenvalue weighted by Gasteiger charge is -2.42. The summed E-state index contributed by atoms with van der Waals surface area (Å²) in [7, 11) is 1.84. The number of para-hydroxylation sites is 1. The van der Waals surface area contributed by atoms with E-state index >= 15 is 0 Å². The predicted octanol–water partition coefficient (Wildman–Crippen LogP) is 2.21. The molecule has 7 nitrogen and oxygen atoms in total. The van der Waals surface area contributed by atoms with Crippen molar-refractivity contribution in [3.05, 3.63) is 48.0 Å². The van der Waals surface area contributed by atoms with Crippen LogP contribution in [0.25, 0.3) is 0 Å². The number of aromatic nitrogens is 2. The molecule has 2 aliphatic heterocycles. The summed E-state index contributed by atoms with van der Waals surface area (Å²) in [4.78, 5) is 30.8. The molecular weight excluding hydrogens is 356 g/mol. The Morgan fingerprint density at radius 2 is 2.18 bits per heavy atom. The lowest BCUT2D eigenvalue weighted by molar-refractivity contribution is -0.129. The Bertz CT molecular complexity index is 893. The molecule has 2 atom stereocenters. The first-order valence-corrected chi connectivity index (χ1v) is 9.75. The molecule has 1 fully saturated rings. The average Bonchev–Trinajstić information content (AvgIpc) is 3.03. The van der Waals surface area contributed by atoms with Crippen molar-refractivity contribution in [3.63, 3.8) is 0 Å². The largest absolute Gasteiger partial charge is 0.487 e. The van der Waals surface area contributed by atoms with E-state index in [1.165, 1.54) is 0 Å². The number of imidazole rings is 1. The van der Waals surface area contributed by atoms with Gasteiger partial charge in [0.25, 0.3) is 0 Å². The van der Waals surface area contributed by atoms with Crippen LogP contribution in [0.3, 0.4) is 0 Å². The van der Waals surface area contributed by atoms with Gasteiger partial charge in [0.05, 0.1) is 6.04 Å². The highest BCUT2D eigenvalue weighted by Gasteiger charge is 2.43. The van der Waals surface area contributed by atoms with Gasteiger partial charge in [-0.3, -0.25) is 9.59 Å². The average molecular weight is 382 g/mol. The molecule has 0 saturated carbocycles. The second kappa shape index (κ2) is 7.30. The van der Waals surface area contributed by atoms with Gasteiger partial charge in [0.15, 0.2) is 0 Å². The van der Waals surface area contributed by atoms with Crippen molar-refractivity contribution in [2.24, 2.45) is 0 Å². The van der Waals surface area contributed by atoms with E-state index in [1.807, 2.05) is 42.8 Å². The van der Waals surface area contributed by atoms with Gasteiger partial charge < -0.3 is 19.5 Å². The summed E-state index contributed by atoms with van der Waals surface area (Å²) in [5, 5.41) is 3.19. The molecule has 1 saturated heterocycles. The highest BCUT2D eigenvalue weighted by Crippen LogP contribution is 2.44. The first-order chi connectivity index (χ1) is 13.5. The van der Waals surface area contributed by atoms with Gasteiger partial charge in [-0.05, 0) is 19.4 Å². The van der Waals surface area contributed by atoms with Gasteiger partial charge in [0.2, 0.25) is 11.8 Å². The smallest absolute Gasteiger partial charge is 0.240 e. The van der Waals surface area contributed by atoms with Crippen LogP contribution in [0.4, 0.5) is 0 Å². The van der Waals surface area contributed by atoms with Crippen LogP contribution in [-0.4, -0.2) is 45.5 Å². The fraction of sp³-hybridized carbons (Fsp3) is 0.476. The highest BCUT2D eigenvalue weighted by atomic mass is 16.5. The third-order valence-corrected chi connectivity index (χ3v) is 5.89. The van der Waals surface area contributed by atoms with Crippen molar-refractivity contribution in [2.75, 3.05) is 13.6 Å². The maximum atomic E-state index is 12.7. The summed E-state index contributed by atoms with van der Waals surface area (Å²) in [6.07, 6.45) is 6.06. The number of aryl methyl sites for hydroxylation is 1. The van der Waals surface area contributed by atoms with Crippen LogP contribution in [0.15, 0.2) is 36.7 Å². The second-order valence-corrected chi connectivity index (χ2v) is 7.81. The number of carbonyl (C=O) groups is 2. The first-order valence-electron chi connectivity index (χ1n) is 9.75. The van der Waals surface area contributed by atoms with Crippen molar-refractivity contribution >= 4 is 11.8 Å². The summed E-state index contributed by atoms with van der Waals surface area (Å²) in [6, 6.07) is 7.72. The van der Waals surface area contributed by atoms with Gasteiger partial charge in [0.1, 0.15) is 23.7 Å². The van der Waals surface area contributed by atoms with Crippen molar-refractivity contribution in [1.29, 1.82) is 0 Å². The molecule has 2 amide bonds. The van der Waals surface area contributed by atoms with Crippen LogP contribution in [0.1, 0.15) is 43.1 Å². The standard InChI is InChI=1S/C21H26N4O3/c1-15-22-10-12-25(15)14-19(26)23-17-13-21(8-7-20(27)24(2)11-9-21)28-18-6-4-3-5-16(17)18/h3-6,10,12,17H,7-9,11,13-14H2,1-2H3,(H,23,26)/t17-,21-/m1/s1. The zero-order valence-electron chi connectivity index (χ0n) is 16.4. The first kappa shape index (κ1) is 18.5. The number of carbonyl (C=O) groups excluding carboxylic acids is 2. The fourth-order valence-electron chi connectivity index (χ4n) is 4.17. The van der Waals surface area contributed by atoms with Crippen molar-refractivity contribution in [3.8, 4) is 5.75 Å². The summed E-state index contributed by atoms with van der Waals surface area (Å²) >= 11 is 0. The third-order valence-electron chi connectivity index (χ3n) is 5.89. The minimum Gasteiger partial charge on any atom is -0.487 e. The molecule has 7 heteroatoms. The number of benzene rings is 1. The summed E-state index contributed by atoms with van der Waals surface area (Å²) < 4.78 is 8.26. The van der Waals surface area contributed by atoms with Gasteiger partial charge in [0, 0.05) is 50.8 Å². The molecule has 28 heavy (non-hydrogen) atoms. The maximum absolute atomic E-state index is 12.7. The van der Waals surface area contributed by atoms with E-state index < -0.39 is 5.60 Å². The lowest BCUT2D eigenvalue weighted by Crippen LogP contribution is -2.46. The van der Waals surface area contributed by atoms with Gasteiger partial charge in [-0.25, -0.2) is 4.98 Å². The molecule has 0 bridgehead atoms. The molecule has 2 aromatic rings. The molecule has 3 heterocycles. The van der Waals surface area contributed by atoms with Crippen LogP contribution in [0.5, 0.6) is 5.75 Å². The number of likely N-dealkylation sites (tertiary alicyclic amines) is 1. The van der Waals surface area contributed by atoms with Gasteiger partial charge >= 0.3 is 0 Å². The van der Waals surface area contributed by atoms with Crippen molar-refractivity contribution in [2.45, 2.75) is 50.8 Å². The summed E-state index contributed by atoms with van der Waals surface area (Å²) in [5.41, 5.74) is 0.560. The van der Waals surface area contributed by atoms with Gasteiger partial charge in [-0.1, -0.05) is 18.2 Å². The zero-order chi connectivity index (χ0) is 19.7. The number of amides is 2. The molecule has 0 unspecified atom stereocenters. The Hall–Kier alpha value is -2.83. The molecule has 1 aromatic heterocycles. The van der Waals surface area contributed by atoms with Gasteiger partial charge in [-0.2, -0.15) is 0 Å². The third kappa shape index (κ3) is 3.61. The molecule has 148 valence electrons.